The molecule has 28 heavy (non-hydrogen) atoms. The van der Waals surface area contributed by atoms with Crippen molar-refractivity contribution >= 4 is 10.0 Å². The Hall–Kier alpha value is -2.26. The van der Waals surface area contributed by atoms with Crippen LogP contribution in [0.15, 0.2) is 35.5 Å². The van der Waals surface area contributed by atoms with Crippen LogP contribution >= 0.6 is 0 Å². The summed E-state index contributed by atoms with van der Waals surface area (Å²) >= 11 is 0. The molecule has 1 aromatic carbocycles. The fraction of sp³-hybridized carbons (Fsp3) is 0.474. The number of hydrogen-bond acceptors (Lipinski definition) is 6. The highest BCUT2D eigenvalue weighted by atomic mass is 32.2. The maximum Gasteiger partial charge on any atom is 0.316 e. The molecule has 0 atom stereocenters. The van der Waals surface area contributed by atoms with Crippen LogP contribution in [-0.2, 0) is 10.0 Å². The molecule has 3 rings (SSSR count). The van der Waals surface area contributed by atoms with Gasteiger partial charge in [-0.15, -0.1) is 0 Å². The predicted octanol–water partition coefficient (Wildman–Crippen LogP) is 2.99. The zero-order valence-corrected chi connectivity index (χ0v) is 16.7. The molecular weight excluding hydrogens is 385 g/mol. The molecule has 1 aliphatic carbocycles. The molecule has 1 fully saturated rings. The molecule has 0 unspecified atom stereocenters. The summed E-state index contributed by atoms with van der Waals surface area (Å²) in [6.07, 6.45) is 4.61. The van der Waals surface area contributed by atoms with Crippen molar-refractivity contribution in [2.24, 2.45) is 0 Å². The Morgan fingerprint density at radius 3 is 2.46 bits per heavy atom. The predicted molar refractivity (Wildman–Crippen MR) is 101 cm³/mol. The van der Waals surface area contributed by atoms with E-state index in [9.17, 15) is 12.8 Å². The molecule has 152 valence electrons. The Morgan fingerprint density at radius 1 is 1.18 bits per heavy atom. The van der Waals surface area contributed by atoms with Crippen LogP contribution in [0.25, 0.3) is 0 Å². The molecule has 0 saturated heterocycles. The molecule has 0 amide bonds. The van der Waals surface area contributed by atoms with Crippen LogP contribution in [0.3, 0.4) is 0 Å². The molecule has 0 bridgehead atoms. The lowest BCUT2D eigenvalue weighted by molar-refractivity contribution is 0.132. The van der Waals surface area contributed by atoms with E-state index in [1.165, 1.54) is 0 Å². The third-order valence-corrected chi connectivity index (χ3v) is 6.14. The van der Waals surface area contributed by atoms with Crippen molar-refractivity contribution in [1.29, 1.82) is 0 Å². The quantitative estimate of drug-likeness (QED) is 0.756. The molecule has 1 aromatic heterocycles. The van der Waals surface area contributed by atoms with Gasteiger partial charge in [-0.1, -0.05) is 0 Å². The largest absolute Gasteiger partial charge is 0.494 e. The number of nitrogens with one attached hydrogen (secondary N) is 1. The van der Waals surface area contributed by atoms with Gasteiger partial charge < -0.3 is 9.47 Å². The first kappa shape index (κ1) is 20.5. The molecule has 9 heteroatoms. The molecule has 1 saturated carbocycles. The highest BCUT2D eigenvalue weighted by molar-refractivity contribution is 7.89. The molecule has 2 aromatic rings. The molecule has 1 heterocycles. The first-order valence-electron chi connectivity index (χ1n) is 9.27. The van der Waals surface area contributed by atoms with E-state index < -0.39 is 15.8 Å². The molecule has 1 N–H and O–H groups in total. The number of aromatic nitrogens is 2. The van der Waals surface area contributed by atoms with Crippen LogP contribution in [-0.4, -0.2) is 37.1 Å². The van der Waals surface area contributed by atoms with Crippen LogP contribution in [0.1, 0.15) is 38.2 Å². The monoisotopic (exact) mass is 409 g/mol. The van der Waals surface area contributed by atoms with Gasteiger partial charge in [-0.3, -0.25) is 0 Å². The van der Waals surface area contributed by atoms with Crippen LogP contribution in [0.4, 0.5) is 4.39 Å². The van der Waals surface area contributed by atoms with Gasteiger partial charge in [-0.05, 0) is 63.3 Å². The number of ether oxygens (including phenoxy) is 2. The summed E-state index contributed by atoms with van der Waals surface area (Å²) < 4.78 is 52.1. The Kier molecular flexibility index (Phi) is 6.46. The zero-order chi connectivity index (χ0) is 20.1. The van der Waals surface area contributed by atoms with Gasteiger partial charge in [0.15, 0.2) is 5.82 Å². The summed E-state index contributed by atoms with van der Waals surface area (Å²) in [5.41, 5.74) is 0.779. The van der Waals surface area contributed by atoms with Crippen molar-refractivity contribution in [3.05, 3.63) is 42.0 Å². The molecular formula is C19H24FN3O4S. The lowest BCUT2D eigenvalue weighted by Crippen LogP contribution is -2.39. The number of benzene rings is 1. The molecule has 1 aliphatic rings. The highest BCUT2D eigenvalue weighted by Gasteiger charge is 2.27. The summed E-state index contributed by atoms with van der Waals surface area (Å²) in [6.45, 7) is 4.23. The molecule has 0 spiro atoms. The Bertz CT molecular complexity index is 898. The Balaban J connectivity index is 1.56. The minimum atomic E-state index is -3.61. The Morgan fingerprint density at radius 2 is 1.86 bits per heavy atom. The van der Waals surface area contributed by atoms with E-state index in [1.807, 2.05) is 13.8 Å². The summed E-state index contributed by atoms with van der Waals surface area (Å²) in [5, 5.41) is 0. The smallest absolute Gasteiger partial charge is 0.316 e. The second-order valence-electron chi connectivity index (χ2n) is 6.76. The standard InChI is InChI=1S/C19H24FN3O4S/c1-3-26-18-9-8-17(10-13(18)2)28(24,25)23-15-4-6-16(7-5-15)27-19-21-11-14(20)12-22-19/h8-12,15-16,23H,3-7H2,1-2H3. The number of sulfonamides is 1. The van der Waals surface area contributed by atoms with E-state index in [2.05, 4.69) is 14.7 Å². The fourth-order valence-corrected chi connectivity index (χ4v) is 4.59. The van der Waals surface area contributed by atoms with Gasteiger partial charge >= 0.3 is 6.01 Å². The summed E-state index contributed by atoms with van der Waals surface area (Å²) in [6, 6.07) is 4.83. The van der Waals surface area contributed by atoms with Crippen molar-refractivity contribution in [3.63, 3.8) is 0 Å². The maximum absolute atomic E-state index is 12.8. The summed E-state index contributed by atoms with van der Waals surface area (Å²) in [5.74, 6) is 0.164. The van der Waals surface area contributed by atoms with E-state index in [1.54, 1.807) is 18.2 Å². The lowest BCUT2D eigenvalue weighted by Gasteiger charge is -2.28. The maximum atomic E-state index is 12.8. The number of hydrogen-bond donors (Lipinski definition) is 1. The third-order valence-electron chi connectivity index (χ3n) is 4.62. The van der Waals surface area contributed by atoms with Gasteiger partial charge in [-0.2, -0.15) is 0 Å². The van der Waals surface area contributed by atoms with Crippen molar-refractivity contribution in [2.45, 2.75) is 56.6 Å². The second kappa shape index (κ2) is 8.83. The SMILES string of the molecule is CCOc1ccc(S(=O)(=O)NC2CCC(Oc3ncc(F)cn3)CC2)cc1C. The van der Waals surface area contributed by atoms with Gasteiger partial charge in [0.25, 0.3) is 0 Å². The van der Waals surface area contributed by atoms with Crippen LogP contribution in [0, 0.1) is 12.7 Å². The minimum Gasteiger partial charge on any atom is -0.494 e. The van der Waals surface area contributed by atoms with Gasteiger partial charge in [-0.25, -0.2) is 27.5 Å². The first-order valence-corrected chi connectivity index (χ1v) is 10.8. The zero-order valence-electron chi connectivity index (χ0n) is 15.9. The lowest BCUT2D eigenvalue weighted by atomic mass is 9.94. The van der Waals surface area contributed by atoms with Gasteiger partial charge in [0.2, 0.25) is 10.0 Å². The highest BCUT2D eigenvalue weighted by Crippen LogP contribution is 2.25. The normalized spacial score (nSPS) is 20.0. The minimum absolute atomic E-state index is 0.112. The second-order valence-corrected chi connectivity index (χ2v) is 8.47. The molecule has 7 nitrogen and oxygen atoms in total. The number of rotatable bonds is 7. The van der Waals surface area contributed by atoms with Crippen molar-refractivity contribution in [3.8, 4) is 11.8 Å². The molecule has 0 radical (unpaired) electrons. The number of aryl methyl sites for hydroxylation is 1. The third kappa shape index (κ3) is 5.17. The van der Waals surface area contributed by atoms with E-state index in [0.29, 0.717) is 38.0 Å². The number of halogens is 1. The van der Waals surface area contributed by atoms with E-state index in [-0.39, 0.29) is 23.1 Å². The van der Waals surface area contributed by atoms with E-state index >= 15 is 0 Å². The van der Waals surface area contributed by atoms with Crippen LogP contribution in [0.5, 0.6) is 11.8 Å². The van der Waals surface area contributed by atoms with Crippen molar-refractivity contribution in [1.82, 2.24) is 14.7 Å². The molecule has 0 aliphatic heterocycles. The first-order chi connectivity index (χ1) is 13.4. The summed E-state index contributed by atoms with van der Waals surface area (Å²) in [4.78, 5) is 7.81. The van der Waals surface area contributed by atoms with E-state index in [0.717, 1.165) is 18.0 Å². The average Bonchev–Trinajstić information content (AvgIpc) is 2.67. The van der Waals surface area contributed by atoms with E-state index in [4.69, 9.17) is 9.47 Å². The van der Waals surface area contributed by atoms with Gasteiger partial charge in [0.1, 0.15) is 11.9 Å². The average molecular weight is 409 g/mol. The Labute approximate surface area is 164 Å². The van der Waals surface area contributed by atoms with Crippen molar-refractivity contribution < 1.29 is 22.3 Å². The fourth-order valence-electron chi connectivity index (χ4n) is 3.20. The van der Waals surface area contributed by atoms with Crippen LogP contribution in [0.2, 0.25) is 0 Å². The number of nitrogens with zero attached hydrogens (tertiary/aromatic N) is 2. The van der Waals surface area contributed by atoms with Crippen LogP contribution < -0.4 is 14.2 Å². The van der Waals surface area contributed by atoms with Gasteiger partial charge in [0, 0.05) is 6.04 Å². The van der Waals surface area contributed by atoms with Gasteiger partial charge in [0.05, 0.1) is 23.9 Å². The topological polar surface area (TPSA) is 90.4 Å². The summed E-state index contributed by atoms with van der Waals surface area (Å²) in [7, 11) is -3.61. The van der Waals surface area contributed by atoms with Crippen molar-refractivity contribution in [2.75, 3.05) is 6.61 Å².